The standard InChI is InChI=1S/C16H20N2O3/c19-15(12-9-11-6-7-13(12)17-11)18-14(16(20)21)8-10-4-2-1-3-5-10/h1-5,11-14,17H,6-9H2,(H,18,19)(H,20,21). The number of carboxylic acid groups (broad SMARTS) is 1. The summed E-state index contributed by atoms with van der Waals surface area (Å²) >= 11 is 0. The molecule has 21 heavy (non-hydrogen) atoms. The quantitative estimate of drug-likeness (QED) is 0.753. The number of fused-ring (bicyclic) bond motifs is 2. The highest BCUT2D eigenvalue weighted by Gasteiger charge is 2.43. The number of benzene rings is 1. The second-order valence-electron chi connectivity index (χ2n) is 5.98. The fraction of sp³-hybridized carbons (Fsp3) is 0.500. The summed E-state index contributed by atoms with van der Waals surface area (Å²) in [6.07, 6.45) is 3.28. The third-order valence-corrected chi connectivity index (χ3v) is 4.53. The highest BCUT2D eigenvalue weighted by Crippen LogP contribution is 2.33. The fourth-order valence-electron chi connectivity index (χ4n) is 3.44. The smallest absolute Gasteiger partial charge is 0.326 e. The molecule has 0 radical (unpaired) electrons. The summed E-state index contributed by atoms with van der Waals surface area (Å²) in [6.45, 7) is 0. The van der Waals surface area contributed by atoms with E-state index in [0.29, 0.717) is 12.5 Å². The Hall–Kier alpha value is -1.88. The van der Waals surface area contributed by atoms with E-state index >= 15 is 0 Å². The van der Waals surface area contributed by atoms with Gasteiger partial charge in [0.2, 0.25) is 5.91 Å². The van der Waals surface area contributed by atoms with Gasteiger partial charge in [-0.1, -0.05) is 30.3 Å². The molecule has 2 heterocycles. The molecule has 4 atom stereocenters. The molecule has 0 aliphatic carbocycles. The van der Waals surface area contributed by atoms with Gasteiger partial charge in [0, 0.05) is 18.5 Å². The normalized spacial score (nSPS) is 28.3. The van der Waals surface area contributed by atoms with Crippen LogP contribution in [0.5, 0.6) is 0 Å². The Morgan fingerprint density at radius 1 is 1.29 bits per heavy atom. The van der Waals surface area contributed by atoms with Gasteiger partial charge in [-0.25, -0.2) is 4.79 Å². The minimum Gasteiger partial charge on any atom is -0.480 e. The van der Waals surface area contributed by atoms with Crippen LogP contribution in [0, 0.1) is 5.92 Å². The number of hydrogen-bond acceptors (Lipinski definition) is 3. The van der Waals surface area contributed by atoms with Crippen molar-refractivity contribution in [1.82, 2.24) is 10.6 Å². The second kappa shape index (κ2) is 5.85. The molecule has 5 heteroatoms. The van der Waals surface area contributed by atoms with Crippen molar-refractivity contribution in [3.63, 3.8) is 0 Å². The van der Waals surface area contributed by atoms with Gasteiger partial charge >= 0.3 is 5.97 Å². The topological polar surface area (TPSA) is 78.4 Å². The molecule has 5 nitrogen and oxygen atoms in total. The second-order valence-corrected chi connectivity index (χ2v) is 5.98. The summed E-state index contributed by atoms with van der Waals surface area (Å²) in [5.41, 5.74) is 0.913. The molecule has 2 aliphatic heterocycles. The lowest BCUT2D eigenvalue weighted by Gasteiger charge is -2.22. The number of hydrogen-bond donors (Lipinski definition) is 3. The first-order chi connectivity index (χ1) is 10.1. The van der Waals surface area contributed by atoms with Crippen molar-refractivity contribution in [2.24, 2.45) is 5.92 Å². The predicted octanol–water partition coefficient (Wildman–Crippen LogP) is 0.939. The molecule has 2 bridgehead atoms. The van der Waals surface area contributed by atoms with Crippen molar-refractivity contribution >= 4 is 11.9 Å². The number of nitrogens with one attached hydrogen (secondary N) is 2. The van der Waals surface area contributed by atoms with E-state index in [2.05, 4.69) is 10.6 Å². The summed E-state index contributed by atoms with van der Waals surface area (Å²) in [6, 6.07) is 9.18. The highest BCUT2D eigenvalue weighted by molar-refractivity contribution is 5.86. The molecule has 2 saturated heterocycles. The third kappa shape index (κ3) is 3.08. The number of rotatable bonds is 5. The molecule has 1 aromatic rings. The van der Waals surface area contributed by atoms with Crippen molar-refractivity contribution in [2.45, 2.75) is 43.8 Å². The Morgan fingerprint density at radius 3 is 2.62 bits per heavy atom. The number of aliphatic carboxylic acids is 1. The molecule has 3 N–H and O–H groups in total. The zero-order valence-electron chi connectivity index (χ0n) is 11.8. The molecule has 2 fully saturated rings. The molecule has 4 unspecified atom stereocenters. The summed E-state index contributed by atoms with van der Waals surface area (Å²) in [7, 11) is 0. The van der Waals surface area contributed by atoms with Crippen LogP contribution in [0.1, 0.15) is 24.8 Å². The van der Waals surface area contributed by atoms with Gasteiger partial charge in [0.05, 0.1) is 5.92 Å². The fourth-order valence-corrected chi connectivity index (χ4v) is 3.44. The molecule has 0 spiro atoms. The minimum absolute atomic E-state index is 0.0821. The number of carbonyl (C=O) groups is 2. The molecule has 0 saturated carbocycles. The molecule has 0 aromatic heterocycles. The van der Waals surface area contributed by atoms with E-state index in [4.69, 9.17) is 0 Å². The van der Waals surface area contributed by atoms with Crippen molar-refractivity contribution in [1.29, 1.82) is 0 Å². The van der Waals surface area contributed by atoms with Gasteiger partial charge in [0.25, 0.3) is 0 Å². The van der Waals surface area contributed by atoms with E-state index in [9.17, 15) is 14.7 Å². The first kappa shape index (κ1) is 14.1. The number of carboxylic acids is 1. The SMILES string of the molecule is O=C(O)C(Cc1ccccc1)NC(=O)C1CC2CCC1N2. The van der Waals surface area contributed by atoms with Gasteiger partial charge in [0.15, 0.2) is 0 Å². The van der Waals surface area contributed by atoms with Gasteiger partial charge in [0.1, 0.15) is 6.04 Å². The van der Waals surface area contributed by atoms with E-state index in [1.54, 1.807) is 0 Å². The van der Waals surface area contributed by atoms with E-state index in [1.807, 2.05) is 30.3 Å². The van der Waals surface area contributed by atoms with Crippen LogP contribution in [-0.2, 0) is 16.0 Å². The lowest BCUT2D eigenvalue weighted by molar-refractivity contribution is -0.142. The van der Waals surface area contributed by atoms with Gasteiger partial charge in [-0.15, -0.1) is 0 Å². The van der Waals surface area contributed by atoms with Crippen LogP contribution in [0.2, 0.25) is 0 Å². The zero-order chi connectivity index (χ0) is 14.8. The van der Waals surface area contributed by atoms with Crippen LogP contribution in [0.25, 0.3) is 0 Å². The summed E-state index contributed by atoms with van der Waals surface area (Å²) in [5.74, 6) is -1.19. The maximum atomic E-state index is 12.3. The van der Waals surface area contributed by atoms with Gasteiger partial charge < -0.3 is 15.7 Å². The maximum Gasteiger partial charge on any atom is 0.326 e. The Balaban J connectivity index is 1.62. The lowest BCUT2D eigenvalue weighted by Crippen LogP contribution is -2.47. The maximum absolute atomic E-state index is 12.3. The summed E-state index contributed by atoms with van der Waals surface area (Å²) in [5, 5.41) is 15.4. The Kier molecular flexibility index (Phi) is 3.92. The summed E-state index contributed by atoms with van der Waals surface area (Å²) in [4.78, 5) is 23.7. The molecular formula is C16H20N2O3. The monoisotopic (exact) mass is 288 g/mol. The molecule has 3 rings (SSSR count). The van der Waals surface area contributed by atoms with E-state index in [0.717, 1.165) is 24.8 Å². The largest absolute Gasteiger partial charge is 0.480 e. The first-order valence-electron chi connectivity index (χ1n) is 7.46. The van der Waals surface area contributed by atoms with Crippen LogP contribution in [0.3, 0.4) is 0 Å². The Labute approximate surface area is 123 Å². The van der Waals surface area contributed by atoms with Crippen LogP contribution in [0.4, 0.5) is 0 Å². The van der Waals surface area contributed by atoms with E-state index in [-0.39, 0.29) is 17.9 Å². The predicted molar refractivity (Wildman–Crippen MR) is 77.8 cm³/mol. The van der Waals surface area contributed by atoms with E-state index < -0.39 is 12.0 Å². The number of carbonyl (C=O) groups excluding carboxylic acids is 1. The Morgan fingerprint density at radius 2 is 2.05 bits per heavy atom. The first-order valence-corrected chi connectivity index (χ1v) is 7.46. The minimum atomic E-state index is -0.983. The average molecular weight is 288 g/mol. The van der Waals surface area contributed by atoms with Crippen molar-refractivity contribution in [2.75, 3.05) is 0 Å². The Bertz CT molecular complexity index is 532. The van der Waals surface area contributed by atoms with Gasteiger partial charge in [-0.3, -0.25) is 4.79 Å². The lowest BCUT2D eigenvalue weighted by atomic mass is 9.88. The molecule has 112 valence electrons. The van der Waals surface area contributed by atoms with Crippen LogP contribution in [0.15, 0.2) is 30.3 Å². The van der Waals surface area contributed by atoms with Crippen molar-refractivity contribution in [3.05, 3.63) is 35.9 Å². The van der Waals surface area contributed by atoms with Crippen LogP contribution in [-0.4, -0.2) is 35.1 Å². The molecule has 1 aromatic carbocycles. The average Bonchev–Trinajstić information content (AvgIpc) is 3.10. The van der Waals surface area contributed by atoms with Crippen molar-refractivity contribution < 1.29 is 14.7 Å². The van der Waals surface area contributed by atoms with Gasteiger partial charge in [-0.2, -0.15) is 0 Å². The summed E-state index contributed by atoms with van der Waals surface area (Å²) < 4.78 is 0. The molecular weight excluding hydrogens is 268 g/mol. The highest BCUT2D eigenvalue weighted by atomic mass is 16.4. The van der Waals surface area contributed by atoms with Gasteiger partial charge in [-0.05, 0) is 24.8 Å². The van der Waals surface area contributed by atoms with Crippen LogP contribution >= 0.6 is 0 Å². The zero-order valence-corrected chi connectivity index (χ0v) is 11.8. The third-order valence-electron chi connectivity index (χ3n) is 4.53. The van der Waals surface area contributed by atoms with E-state index in [1.165, 1.54) is 0 Å². The molecule has 2 aliphatic rings. The molecule has 1 amide bonds. The van der Waals surface area contributed by atoms with Crippen LogP contribution < -0.4 is 10.6 Å². The number of amides is 1. The van der Waals surface area contributed by atoms with Crippen molar-refractivity contribution in [3.8, 4) is 0 Å².